The summed E-state index contributed by atoms with van der Waals surface area (Å²) in [6, 6.07) is 6.91. The van der Waals surface area contributed by atoms with Gasteiger partial charge in [0.05, 0.1) is 18.6 Å². The number of esters is 2. The molecule has 1 aromatic carbocycles. The van der Waals surface area contributed by atoms with Crippen LogP contribution in [0.15, 0.2) is 24.3 Å². The van der Waals surface area contributed by atoms with Crippen molar-refractivity contribution in [3.63, 3.8) is 0 Å². The largest absolute Gasteiger partial charge is 0.466 e. The minimum absolute atomic E-state index is 0.216. The molecule has 1 fully saturated rings. The summed E-state index contributed by atoms with van der Waals surface area (Å²) < 4.78 is 10.6. The van der Waals surface area contributed by atoms with Crippen molar-refractivity contribution in [3.05, 3.63) is 34.9 Å². The van der Waals surface area contributed by atoms with Crippen molar-refractivity contribution < 1.29 is 19.1 Å². The zero-order chi connectivity index (χ0) is 17.9. The average Bonchev–Trinajstić information content (AvgIpc) is 2.87. The lowest BCUT2D eigenvalue weighted by atomic mass is 9.90. The van der Waals surface area contributed by atoms with Gasteiger partial charge in [0.15, 0.2) is 0 Å². The molecule has 132 valence electrons. The van der Waals surface area contributed by atoms with Gasteiger partial charge in [0.25, 0.3) is 0 Å². The van der Waals surface area contributed by atoms with Gasteiger partial charge in [0.2, 0.25) is 0 Å². The van der Waals surface area contributed by atoms with Crippen LogP contribution in [0.3, 0.4) is 0 Å². The molecule has 0 radical (unpaired) electrons. The van der Waals surface area contributed by atoms with E-state index >= 15 is 0 Å². The van der Waals surface area contributed by atoms with Gasteiger partial charge in [0.1, 0.15) is 5.54 Å². The summed E-state index contributed by atoms with van der Waals surface area (Å²) in [4.78, 5) is 24.9. The Morgan fingerprint density at radius 3 is 2.50 bits per heavy atom. The van der Waals surface area contributed by atoms with Crippen molar-refractivity contribution in [2.75, 3.05) is 6.61 Å². The fourth-order valence-corrected chi connectivity index (χ4v) is 3.13. The van der Waals surface area contributed by atoms with Crippen LogP contribution in [0.1, 0.15) is 45.7 Å². The molecule has 2 rings (SSSR count). The average molecular weight is 354 g/mol. The number of rotatable bonds is 5. The van der Waals surface area contributed by atoms with Crippen molar-refractivity contribution in [2.45, 2.75) is 51.8 Å². The third-order valence-electron chi connectivity index (χ3n) is 4.12. The number of carbonyl (C=O) groups excluding carboxylic acids is 2. The van der Waals surface area contributed by atoms with Gasteiger partial charge in [0, 0.05) is 11.1 Å². The Hall–Kier alpha value is -1.59. The van der Waals surface area contributed by atoms with Crippen LogP contribution in [0, 0.1) is 5.92 Å². The predicted molar refractivity (Wildman–Crippen MR) is 91.7 cm³/mol. The van der Waals surface area contributed by atoms with E-state index in [0.29, 0.717) is 18.1 Å². The van der Waals surface area contributed by atoms with E-state index in [0.717, 1.165) is 5.56 Å². The normalized spacial score (nSPS) is 26.4. The first-order valence-electron chi connectivity index (χ1n) is 8.17. The Bertz CT molecular complexity index is 602. The maximum absolute atomic E-state index is 12.5. The first kappa shape index (κ1) is 18.7. The number of carbonyl (C=O) groups is 2. The van der Waals surface area contributed by atoms with Gasteiger partial charge in [-0.1, -0.05) is 23.7 Å². The molecule has 0 aromatic heterocycles. The summed E-state index contributed by atoms with van der Waals surface area (Å²) in [5, 5.41) is 3.90. The van der Waals surface area contributed by atoms with Gasteiger partial charge in [-0.15, -0.1) is 0 Å². The molecule has 1 saturated heterocycles. The van der Waals surface area contributed by atoms with E-state index in [2.05, 4.69) is 5.32 Å². The zero-order valence-corrected chi connectivity index (χ0v) is 15.2. The molecular weight excluding hydrogens is 330 g/mol. The maximum atomic E-state index is 12.5. The highest BCUT2D eigenvalue weighted by molar-refractivity contribution is 6.30. The SMILES string of the molecule is CCOC(=O)[C@H]1CC(C)(C(=O)OC(C)C)N[C@@H]1c1ccc(Cl)cc1. The molecule has 5 nitrogen and oxygen atoms in total. The van der Waals surface area contributed by atoms with Gasteiger partial charge in [-0.2, -0.15) is 0 Å². The smallest absolute Gasteiger partial charge is 0.326 e. The number of hydrogen-bond acceptors (Lipinski definition) is 5. The monoisotopic (exact) mass is 353 g/mol. The Balaban J connectivity index is 2.30. The summed E-state index contributed by atoms with van der Waals surface area (Å²) >= 11 is 5.94. The third kappa shape index (κ3) is 4.08. The minimum atomic E-state index is -0.938. The Morgan fingerprint density at radius 1 is 1.33 bits per heavy atom. The molecule has 0 aliphatic carbocycles. The van der Waals surface area contributed by atoms with Crippen LogP contribution in [-0.2, 0) is 19.1 Å². The standard InChI is InChI=1S/C18H24ClNO4/c1-5-23-16(21)14-10-18(4,17(22)24-11(2)3)20-15(14)12-6-8-13(19)9-7-12/h6-9,11,14-15,20H,5,10H2,1-4H3/t14-,15+,18?/m0/s1. The highest BCUT2D eigenvalue weighted by Gasteiger charge is 2.51. The van der Waals surface area contributed by atoms with Crippen molar-refractivity contribution in [2.24, 2.45) is 5.92 Å². The van der Waals surface area contributed by atoms with E-state index in [9.17, 15) is 9.59 Å². The first-order chi connectivity index (χ1) is 11.3. The van der Waals surface area contributed by atoms with Gasteiger partial charge in [-0.25, -0.2) is 0 Å². The third-order valence-corrected chi connectivity index (χ3v) is 4.37. The molecule has 1 aliphatic rings. The second-order valence-electron chi connectivity index (χ2n) is 6.52. The van der Waals surface area contributed by atoms with E-state index in [4.69, 9.17) is 21.1 Å². The lowest BCUT2D eigenvalue weighted by Crippen LogP contribution is -2.47. The lowest BCUT2D eigenvalue weighted by molar-refractivity contribution is -0.154. The molecule has 0 amide bonds. The zero-order valence-electron chi connectivity index (χ0n) is 14.5. The van der Waals surface area contributed by atoms with Crippen LogP contribution in [0.2, 0.25) is 5.02 Å². The molecule has 24 heavy (non-hydrogen) atoms. The van der Waals surface area contributed by atoms with Crippen LogP contribution in [0.4, 0.5) is 0 Å². The van der Waals surface area contributed by atoms with Crippen LogP contribution in [-0.4, -0.2) is 30.2 Å². The van der Waals surface area contributed by atoms with Crippen LogP contribution >= 0.6 is 11.6 Å². The lowest BCUT2D eigenvalue weighted by Gasteiger charge is -2.25. The maximum Gasteiger partial charge on any atom is 0.326 e. The summed E-state index contributed by atoms with van der Waals surface area (Å²) in [6.07, 6.45) is 0.108. The first-order valence-corrected chi connectivity index (χ1v) is 8.55. The molecule has 1 aliphatic heterocycles. The van der Waals surface area contributed by atoms with Gasteiger partial charge in [-0.3, -0.25) is 14.9 Å². The van der Waals surface area contributed by atoms with Crippen molar-refractivity contribution in [3.8, 4) is 0 Å². The second kappa shape index (κ2) is 7.53. The molecule has 3 atom stereocenters. The molecule has 0 saturated carbocycles. The summed E-state index contributed by atoms with van der Waals surface area (Å²) in [5.74, 6) is -1.13. The van der Waals surface area contributed by atoms with Gasteiger partial charge >= 0.3 is 11.9 Å². The number of nitrogens with one attached hydrogen (secondary N) is 1. The number of ether oxygens (including phenoxy) is 2. The fraction of sp³-hybridized carbons (Fsp3) is 0.556. The van der Waals surface area contributed by atoms with Gasteiger partial charge in [-0.05, 0) is 51.8 Å². The molecule has 1 aromatic rings. The molecule has 6 heteroatoms. The van der Waals surface area contributed by atoms with Crippen molar-refractivity contribution >= 4 is 23.5 Å². The van der Waals surface area contributed by atoms with Gasteiger partial charge < -0.3 is 9.47 Å². The Morgan fingerprint density at radius 2 is 1.96 bits per heavy atom. The van der Waals surface area contributed by atoms with Crippen molar-refractivity contribution in [1.29, 1.82) is 0 Å². The highest BCUT2D eigenvalue weighted by Crippen LogP contribution is 2.40. The molecule has 1 heterocycles. The summed E-state index contributed by atoms with van der Waals surface area (Å²) in [7, 11) is 0. The molecule has 0 spiro atoms. The number of halogens is 1. The topological polar surface area (TPSA) is 64.6 Å². The Kier molecular flexibility index (Phi) is 5.88. The summed E-state index contributed by atoms with van der Waals surface area (Å²) in [6.45, 7) is 7.44. The van der Waals surface area contributed by atoms with E-state index in [1.807, 2.05) is 12.1 Å². The number of benzene rings is 1. The van der Waals surface area contributed by atoms with E-state index in [-0.39, 0.29) is 24.1 Å². The summed E-state index contributed by atoms with van der Waals surface area (Å²) in [5.41, 5.74) is -0.0510. The number of hydrogen-bond donors (Lipinski definition) is 1. The van der Waals surface area contributed by atoms with Crippen LogP contribution < -0.4 is 5.32 Å². The second-order valence-corrected chi connectivity index (χ2v) is 6.96. The predicted octanol–water partition coefficient (Wildman–Crippen LogP) is 3.26. The van der Waals surface area contributed by atoms with E-state index in [1.165, 1.54) is 0 Å². The van der Waals surface area contributed by atoms with Crippen LogP contribution in [0.5, 0.6) is 0 Å². The molecule has 1 unspecified atom stereocenters. The molecule has 0 bridgehead atoms. The minimum Gasteiger partial charge on any atom is -0.466 e. The molecule has 1 N–H and O–H groups in total. The quantitative estimate of drug-likeness (QED) is 0.823. The van der Waals surface area contributed by atoms with E-state index in [1.54, 1.807) is 39.8 Å². The van der Waals surface area contributed by atoms with Crippen molar-refractivity contribution in [1.82, 2.24) is 5.32 Å². The van der Waals surface area contributed by atoms with Crippen LogP contribution in [0.25, 0.3) is 0 Å². The van der Waals surface area contributed by atoms with E-state index < -0.39 is 11.5 Å². The Labute approximate surface area is 147 Å². The highest BCUT2D eigenvalue weighted by atomic mass is 35.5. The fourth-order valence-electron chi connectivity index (χ4n) is 3.00. The molecular formula is C18H24ClNO4.